The molecule has 4 rings (SSSR count). The Morgan fingerprint density at radius 3 is 2.30 bits per heavy atom. The van der Waals surface area contributed by atoms with Crippen LogP contribution in [0.5, 0.6) is 0 Å². The number of nitrogens with one attached hydrogen (secondary N) is 5. The SMILES string of the molecule is C=NN/C(=N\CNc1nc(NC)nc(Nc2n[nH]c(-c3ccccc3)n2)n1)c1ccccc1. The number of amidine groups is 1. The number of H-pyrrole nitrogens is 1. The summed E-state index contributed by atoms with van der Waals surface area (Å²) >= 11 is 0. The lowest BCUT2D eigenvalue weighted by Crippen LogP contribution is -2.20. The van der Waals surface area contributed by atoms with Crippen LogP contribution in [0.4, 0.5) is 23.8 Å². The summed E-state index contributed by atoms with van der Waals surface area (Å²) in [5, 5.41) is 19.7. The standard InChI is InChI=1S/C21H22N12/c1-22-18-27-19(25-13-24-16(31-23-2)14-9-5-3-6-10-14)29-20(28-18)30-21-26-17(32-33-21)15-11-7-4-8-12-15/h3-12H,2,13H2,1H3,(H,24,31)(H4,22,25,26,27,28,29,30,32,33). The molecule has 0 fully saturated rings. The molecule has 0 aliphatic rings. The molecule has 0 radical (unpaired) electrons. The van der Waals surface area contributed by atoms with E-state index in [0.717, 1.165) is 11.1 Å². The molecule has 2 aromatic heterocycles. The Balaban J connectivity index is 1.48. The number of aromatic amines is 1. The smallest absolute Gasteiger partial charge is 0.249 e. The minimum atomic E-state index is 0.193. The molecule has 0 amide bonds. The third-order valence-electron chi connectivity index (χ3n) is 4.32. The van der Waals surface area contributed by atoms with Crippen molar-refractivity contribution in [2.45, 2.75) is 0 Å². The fourth-order valence-corrected chi connectivity index (χ4v) is 2.82. The van der Waals surface area contributed by atoms with Crippen LogP contribution in [-0.2, 0) is 0 Å². The van der Waals surface area contributed by atoms with Gasteiger partial charge >= 0.3 is 0 Å². The van der Waals surface area contributed by atoms with Gasteiger partial charge in [0.2, 0.25) is 23.8 Å². The molecule has 0 bridgehead atoms. The van der Waals surface area contributed by atoms with Crippen molar-refractivity contribution < 1.29 is 0 Å². The number of benzene rings is 2. The summed E-state index contributed by atoms with van der Waals surface area (Å²) in [5.74, 6) is 2.48. The minimum Gasteiger partial charge on any atom is -0.357 e. The van der Waals surface area contributed by atoms with Gasteiger partial charge in [0.25, 0.3) is 0 Å². The Morgan fingerprint density at radius 1 is 0.879 bits per heavy atom. The van der Waals surface area contributed by atoms with Crippen LogP contribution in [0.25, 0.3) is 11.4 Å². The van der Waals surface area contributed by atoms with Crippen molar-refractivity contribution in [3.8, 4) is 11.4 Å². The number of aromatic nitrogens is 6. The quantitative estimate of drug-likeness (QED) is 0.149. The highest BCUT2D eigenvalue weighted by molar-refractivity contribution is 5.98. The summed E-state index contributed by atoms with van der Waals surface area (Å²) in [7, 11) is 1.72. The summed E-state index contributed by atoms with van der Waals surface area (Å²) in [6, 6.07) is 19.3. The normalized spacial score (nSPS) is 11.0. The van der Waals surface area contributed by atoms with E-state index in [1.807, 2.05) is 60.7 Å². The molecule has 5 N–H and O–H groups in total. The second kappa shape index (κ2) is 10.4. The third kappa shape index (κ3) is 5.64. The largest absolute Gasteiger partial charge is 0.357 e. The number of hydrazone groups is 1. The van der Waals surface area contributed by atoms with E-state index in [0.29, 0.717) is 29.5 Å². The van der Waals surface area contributed by atoms with E-state index in [2.05, 4.69) is 68.3 Å². The van der Waals surface area contributed by atoms with Crippen molar-refractivity contribution in [1.82, 2.24) is 35.6 Å². The Labute approximate surface area is 189 Å². The first-order valence-electron chi connectivity index (χ1n) is 9.99. The molecule has 12 nitrogen and oxygen atoms in total. The maximum absolute atomic E-state index is 4.47. The second-order valence-electron chi connectivity index (χ2n) is 6.53. The molecule has 166 valence electrons. The van der Waals surface area contributed by atoms with Gasteiger partial charge in [0, 0.05) is 24.9 Å². The number of aliphatic imine (C=N–C) groups is 1. The molecule has 0 aliphatic carbocycles. The van der Waals surface area contributed by atoms with Crippen LogP contribution < -0.4 is 21.4 Å². The summed E-state index contributed by atoms with van der Waals surface area (Å²) in [6.45, 7) is 3.65. The van der Waals surface area contributed by atoms with Crippen molar-refractivity contribution in [2.24, 2.45) is 10.1 Å². The van der Waals surface area contributed by atoms with Crippen LogP contribution in [0, 0.1) is 0 Å². The molecule has 2 heterocycles. The van der Waals surface area contributed by atoms with E-state index < -0.39 is 0 Å². The Kier molecular flexibility index (Phi) is 6.76. The predicted molar refractivity (Wildman–Crippen MR) is 129 cm³/mol. The molecular weight excluding hydrogens is 420 g/mol. The van der Waals surface area contributed by atoms with Crippen LogP contribution in [0.2, 0.25) is 0 Å². The molecule has 0 aliphatic heterocycles. The zero-order valence-corrected chi connectivity index (χ0v) is 17.8. The average molecular weight is 442 g/mol. The maximum atomic E-state index is 4.47. The molecule has 0 spiro atoms. The van der Waals surface area contributed by atoms with Crippen molar-refractivity contribution in [1.29, 1.82) is 0 Å². The first kappa shape index (κ1) is 21.4. The summed E-state index contributed by atoms with van der Waals surface area (Å²) < 4.78 is 0. The zero-order chi connectivity index (χ0) is 22.9. The fourth-order valence-electron chi connectivity index (χ4n) is 2.82. The zero-order valence-electron chi connectivity index (χ0n) is 17.8. The molecular formula is C21H22N12. The van der Waals surface area contributed by atoms with Gasteiger partial charge in [0.05, 0.1) is 0 Å². The van der Waals surface area contributed by atoms with E-state index in [1.165, 1.54) is 0 Å². The van der Waals surface area contributed by atoms with Crippen molar-refractivity contribution in [2.75, 3.05) is 29.7 Å². The average Bonchev–Trinajstić information content (AvgIpc) is 3.33. The van der Waals surface area contributed by atoms with Gasteiger partial charge in [-0.1, -0.05) is 60.7 Å². The molecule has 2 aromatic carbocycles. The Hall–Kier alpha value is -4.87. The van der Waals surface area contributed by atoms with Gasteiger partial charge < -0.3 is 10.6 Å². The molecule has 0 saturated carbocycles. The minimum absolute atomic E-state index is 0.193. The highest BCUT2D eigenvalue weighted by atomic mass is 15.4. The van der Waals surface area contributed by atoms with Crippen molar-refractivity contribution in [3.63, 3.8) is 0 Å². The Bertz CT molecular complexity index is 1220. The molecule has 4 aromatic rings. The van der Waals surface area contributed by atoms with E-state index in [1.54, 1.807) is 7.05 Å². The van der Waals surface area contributed by atoms with Crippen molar-refractivity contribution in [3.05, 3.63) is 66.2 Å². The number of hydrogen-bond donors (Lipinski definition) is 5. The monoisotopic (exact) mass is 442 g/mol. The lowest BCUT2D eigenvalue weighted by Gasteiger charge is -2.09. The van der Waals surface area contributed by atoms with Crippen LogP contribution in [0.15, 0.2) is 70.8 Å². The summed E-state index contributed by atoms with van der Waals surface area (Å²) in [4.78, 5) is 21.9. The van der Waals surface area contributed by atoms with Gasteiger partial charge in [0.1, 0.15) is 6.67 Å². The fraction of sp³-hybridized carbons (Fsp3) is 0.0952. The number of nitrogens with zero attached hydrogens (tertiary/aromatic N) is 7. The molecule has 12 heteroatoms. The van der Waals surface area contributed by atoms with Crippen molar-refractivity contribution >= 4 is 36.3 Å². The lowest BCUT2D eigenvalue weighted by atomic mass is 10.2. The van der Waals surface area contributed by atoms with E-state index in [4.69, 9.17) is 0 Å². The maximum Gasteiger partial charge on any atom is 0.249 e. The van der Waals surface area contributed by atoms with E-state index in [-0.39, 0.29) is 12.6 Å². The van der Waals surface area contributed by atoms with Gasteiger partial charge in [-0.15, -0.1) is 5.10 Å². The number of rotatable bonds is 9. The van der Waals surface area contributed by atoms with E-state index >= 15 is 0 Å². The molecule has 0 unspecified atom stereocenters. The summed E-state index contributed by atoms with van der Waals surface area (Å²) in [5.41, 5.74) is 4.59. The van der Waals surface area contributed by atoms with E-state index in [9.17, 15) is 0 Å². The topological polar surface area (TPSA) is 153 Å². The van der Waals surface area contributed by atoms with Gasteiger partial charge in [0.15, 0.2) is 11.7 Å². The van der Waals surface area contributed by atoms with Gasteiger partial charge in [-0.2, -0.15) is 25.0 Å². The molecule has 0 saturated heterocycles. The van der Waals surface area contributed by atoms with Gasteiger partial charge in [-0.3, -0.25) is 15.8 Å². The van der Waals surface area contributed by atoms with Gasteiger partial charge in [-0.05, 0) is 0 Å². The number of anilines is 4. The first-order chi connectivity index (χ1) is 16.2. The first-order valence-corrected chi connectivity index (χ1v) is 9.99. The molecule has 0 atom stereocenters. The predicted octanol–water partition coefficient (Wildman–Crippen LogP) is 2.46. The highest BCUT2D eigenvalue weighted by Gasteiger charge is 2.10. The van der Waals surface area contributed by atoms with Crippen LogP contribution in [0.3, 0.4) is 0 Å². The van der Waals surface area contributed by atoms with Crippen LogP contribution in [-0.4, -0.2) is 56.4 Å². The third-order valence-corrected chi connectivity index (χ3v) is 4.32. The van der Waals surface area contributed by atoms with Crippen LogP contribution in [0.1, 0.15) is 5.56 Å². The second-order valence-corrected chi connectivity index (χ2v) is 6.53. The summed E-state index contributed by atoms with van der Waals surface area (Å²) in [6.07, 6.45) is 0. The van der Waals surface area contributed by atoms with Crippen LogP contribution >= 0.6 is 0 Å². The number of hydrogen-bond acceptors (Lipinski definition) is 10. The lowest BCUT2D eigenvalue weighted by molar-refractivity contribution is 0.977. The Morgan fingerprint density at radius 2 is 1.58 bits per heavy atom. The van der Waals surface area contributed by atoms with Gasteiger partial charge in [-0.25, -0.2) is 4.99 Å². The highest BCUT2D eigenvalue weighted by Crippen LogP contribution is 2.17. The molecule has 33 heavy (non-hydrogen) atoms.